The minimum absolute atomic E-state index is 0.0824. The third kappa shape index (κ3) is 4.01. The van der Waals surface area contributed by atoms with Crippen LogP contribution in [0.5, 0.6) is 0 Å². The van der Waals surface area contributed by atoms with Crippen LogP contribution in [0, 0.1) is 99.6 Å². The third-order valence-corrected chi connectivity index (χ3v) is 7.10. The van der Waals surface area contributed by atoms with E-state index in [-0.39, 0.29) is 83.6 Å². The first-order valence-corrected chi connectivity index (χ1v) is 12.3. The van der Waals surface area contributed by atoms with Crippen molar-refractivity contribution in [3.63, 3.8) is 0 Å². The van der Waals surface area contributed by atoms with Gasteiger partial charge in [-0.3, -0.25) is 0 Å². The molecule has 0 fully saturated rings. The highest BCUT2D eigenvalue weighted by molar-refractivity contribution is 6.30. The lowest BCUT2D eigenvalue weighted by Crippen LogP contribution is -2.01. The molecule has 1 aromatic carbocycles. The molecule has 0 radical (unpaired) electrons. The van der Waals surface area contributed by atoms with Crippen molar-refractivity contribution in [2.24, 2.45) is 0 Å². The molecular weight excluding hydrogens is 588 g/mol. The molecule has 0 N–H and O–H groups in total. The molecule has 2 aromatic heterocycles. The molecule has 0 unspecified atom stereocenters. The van der Waals surface area contributed by atoms with Crippen LogP contribution in [0.25, 0.3) is 48.1 Å². The van der Waals surface area contributed by atoms with Crippen molar-refractivity contribution in [3.8, 4) is 36.4 Å². The van der Waals surface area contributed by atoms with Gasteiger partial charge in [-0.05, 0) is 39.5 Å². The maximum Gasteiger partial charge on any atom is 0.270 e. The lowest BCUT2D eigenvalue weighted by atomic mass is 9.87. The van der Waals surface area contributed by atoms with Crippen molar-refractivity contribution in [3.05, 3.63) is 138 Å². The molecule has 2 heterocycles. The van der Waals surface area contributed by atoms with Gasteiger partial charge >= 0.3 is 0 Å². The normalized spacial score (nSPS) is 14.5. The molecule has 13 heteroatoms. The van der Waals surface area contributed by atoms with Crippen molar-refractivity contribution in [2.75, 3.05) is 0 Å². The summed E-state index contributed by atoms with van der Waals surface area (Å²) in [7, 11) is 0. The summed E-state index contributed by atoms with van der Waals surface area (Å²) in [6, 6.07) is 13.9. The average molecular weight is 593 g/mol. The van der Waals surface area contributed by atoms with Crippen LogP contribution in [0.15, 0.2) is 42.0 Å². The van der Waals surface area contributed by atoms with Gasteiger partial charge in [0.05, 0.1) is 60.2 Å². The summed E-state index contributed by atoms with van der Waals surface area (Å²) in [4.78, 5) is 17.0. The Bertz CT molecular complexity index is 2510. The van der Waals surface area contributed by atoms with Gasteiger partial charge in [-0.2, -0.15) is 29.8 Å². The molecule has 2 aliphatic rings. The maximum absolute atomic E-state index is 14.5. The molecule has 2 aliphatic carbocycles. The zero-order valence-electron chi connectivity index (χ0n) is 22.6. The Labute approximate surface area is 258 Å². The summed E-state index contributed by atoms with van der Waals surface area (Å²) in [5.41, 5.74) is -4.66. The summed E-state index contributed by atoms with van der Waals surface area (Å²) in [5.74, 6) is -2.11. The highest BCUT2D eigenvalue weighted by Gasteiger charge is 2.41. The number of rotatable bonds is 2. The van der Waals surface area contributed by atoms with E-state index in [0.717, 1.165) is 24.5 Å². The topological polar surface area (TPSA) is 182 Å². The Morgan fingerprint density at radius 2 is 1.17 bits per heavy atom. The Morgan fingerprint density at radius 3 is 1.63 bits per heavy atom. The monoisotopic (exact) mass is 593 g/mol. The zero-order valence-corrected chi connectivity index (χ0v) is 22.6. The molecule has 46 heavy (non-hydrogen) atoms. The van der Waals surface area contributed by atoms with Crippen LogP contribution in [-0.4, -0.2) is 9.97 Å². The van der Waals surface area contributed by atoms with Gasteiger partial charge in [0.1, 0.15) is 18.2 Å². The highest BCUT2D eigenvalue weighted by Crippen LogP contribution is 2.57. The number of pyridine rings is 2. The molecule has 0 saturated carbocycles. The van der Waals surface area contributed by atoms with E-state index >= 15 is 0 Å². The number of hydrogen-bond donors (Lipinski definition) is 0. The summed E-state index contributed by atoms with van der Waals surface area (Å²) in [5, 5.41) is 60.4. The smallest absolute Gasteiger partial charge is 0.237 e. The summed E-state index contributed by atoms with van der Waals surface area (Å²) < 4.78 is 28.9. The number of aromatic nitrogens is 2. The van der Waals surface area contributed by atoms with Gasteiger partial charge in [-0.1, -0.05) is 0 Å². The van der Waals surface area contributed by atoms with Crippen molar-refractivity contribution in [2.45, 2.75) is 0 Å². The molecule has 0 aliphatic heterocycles. The van der Waals surface area contributed by atoms with E-state index in [1.54, 1.807) is 12.1 Å². The van der Waals surface area contributed by atoms with E-state index < -0.39 is 23.3 Å². The van der Waals surface area contributed by atoms with E-state index in [1.807, 2.05) is 24.3 Å². The van der Waals surface area contributed by atoms with Gasteiger partial charge in [0.25, 0.3) is 11.4 Å². The van der Waals surface area contributed by atoms with E-state index in [1.165, 1.54) is 6.07 Å². The molecule has 11 nitrogen and oxygen atoms in total. The number of hydrogen-bond acceptors (Lipinski definition) is 8. The molecule has 0 amide bonds. The molecule has 206 valence electrons. The molecule has 5 rings (SSSR count). The van der Waals surface area contributed by atoms with Crippen molar-refractivity contribution in [1.29, 1.82) is 31.6 Å². The quantitative estimate of drug-likeness (QED) is 0.199. The lowest BCUT2D eigenvalue weighted by Gasteiger charge is -2.14. The number of benzene rings is 1. The second-order valence-electron chi connectivity index (χ2n) is 9.13. The minimum atomic E-state index is -1.06. The fourth-order valence-electron chi connectivity index (χ4n) is 5.43. The van der Waals surface area contributed by atoms with Crippen molar-refractivity contribution >= 4 is 33.6 Å². The second-order valence-corrected chi connectivity index (χ2v) is 9.13. The van der Waals surface area contributed by atoms with Crippen LogP contribution in [0.3, 0.4) is 0 Å². The van der Waals surface area contributed by atoms with Gasteiger partial charge < -0.3 is 0 Å². The van der Waals surface area contributed by atoms with Gasteiger partial charge in [-0.15, -0.1) is 0 Å². The SMILES string of the molecule is [C-]#[N+]C1=C(c2cc(F)ncc2C#N)/C(=C(/C#N)[N+]#[C-])c2cc3c(c(C#N)c21)/C(=C(/C#N)[N+]#[C-])C(c1cc(F)ncc1C#N)=C3C#N. The van der Waals surface area contributed by atoms with Crippen LogP contribution in [0.4, 0.5) is 8.78 Å². The average Bonchev–Trinajstić information content (AvgIpc) is 3.57. The van der Waals surface area contributed by atoms with Crippen LogP contribution >= 0.6 is 0 Å². The third-order valence-electron chi connectivity index (χ3n) is 7.10. The number of allylic oxidation sites excluding steroid dienone is 7. The van der Waals surface area contributed by atoms with Gasteiger partial charge in [0.2, 0.25) is 17.6 Å². The second kappa shape index (κ2) is 11.2. The standard InChI is InChI=1S/C33H5F2N11/c1-42-23(11-40)30-20-4-19-21(9-38)27(17-5-25(34)45-13-15(17)7-36)32(24(12-41)43-2)28(19)22(10-39)29(20)33(44-3)31(30)18-6-26(35)46-14-16(18)8-37/h4-6,13-14H/b30-23-,32-24-. The van der Waals surface area contributed by atoms with Gasteiger partial charge in [-0.25, -0.2) is 35.0 Å². The van der Waals surface area contributed by atoms with E-state index in [9.17, 15) is 40.4 Å². The Hall–Kier alpha value is -8.25. The van der Waals surface area contributed by atoms with E-state index in [2.05, 4.69) is 24.5 Å². The fraction of sp³-hybridized carbons (Fsp3) is 0. The van der Waals surface area contributed by atoms with Gasteiger partial charge in [0, 0.05) is 46.8 Å². The Morgan fingerprint density at radius 1 is 0.630 bits per heavy atom. The number of halogens is 2. The number of nitrogens with zero attached hydrogens (tertiary/aromatic N) is 11. The van der Waals surface area contributed by atoms with Crippen molar-refractivity contribution < 1.29 is 8.78 Å². The summed E-state index contributed by atoms with van der Waals surface area (Å²) in [6.45, 7) is 23.4. The Kier molecular flexibility index (Phi) is 7.12. The molecule has 0 saturated heterocycles. The maximum atomic E-state index is 14.5. The number of nitriles is 6. The zero-order chi connectivity index (χ0) is 33.3. The molecular formula is C33H5F2N11. The van der Waals surface area contributed by atoms with Crippen LogP contribution < -0.4 is 0 Å². The number of fused-ring (bicyclic) bond motifs is 2. The summed E-state index contributed by atoms with van der Waals surface area (Å²) >= 11 is 0. The van der Waals surface area contributed by atoms with Crippen LogP contribution in [0.1, 0.15) is 50.1 Å². The molecule has 3 aromatic rings. The first-order chi connectivity index (χ1) is 22.3. The van der Waals surface area contributed by atoms with E-state index in [4.69, 9.17) is 19.7 Å². The largest absolute Gasteiger partial charge is 0.270 e. The molecule has 0 bridgehead atoms. The van der Waals surface area contributed by atoms with Crippen molar-refractivity contribution in [1.82, 2.24) is 9.97 Å². The first kappa shape index (κ1) is 29.2. The fourth-order valence-corrected chi connectivity index (χ4v) is 5.43. The lowest BCUT2D eigenvalue weighted by molar-refractivity contribution is 0.582. The summed E-state index contributed by atoms with van der Waals surface area (Å²) in [6.07, 6.45) is 1.79. The first-order valence-electron chi connectivity index (χ1n) is 12.3. The Balaban J connectivity index is 2.08. The minimum Gasteiger partial charge on any atom is -0.237 e. The molecule has 0 atom stereocenters. The van der Waals surface area contributed by atoms with Crippen LogP contribution in [-0.2, 0) is 0 Å². The predicted molar refractivity (Wildman–Crippen MR) is 153 cm³/mol. The highest BCUT2D eigenvalue weighted by atomic mass is 19.1. The van der Waals surface area contributed by atoms with Crippen LogP contribution in [0.2, 0.25) is 0 Å². The molecule has 0 spiro atoms. The van der Waals surface area contributed by atoms with Gasteiger partial charge in [0.15, 0.2) is 0 Å². The predicted octanol–water partition coefficient (Wildman–Crippen LogP) is 5.93. The van der Waals surface area contributed by atoms with E-state index in [0.29, 0.717) is 0 Å².